The molecular weight excluding hydrogens is 260 g/mol. The predicted molar refractivity (Wildman–Crippen MR) is 87.5 cm³/mol. The van der Waals surface area contributed by atoms with Gasteiger partial charge in [-0.1, -0.05) is 39.0 Å². The van der Waals surface area contributed by atoms with Crippen LogP contribution in [-0.2, 0) is 0 Å². The van der Waals surface area contributed by atoms with E-state index in [9.17, 15) is 5.26 Å². The Labute approximate surface area is 129 Å². The van der Waals surface area contributed by atoms with Crippen molar-refractivity contribution in [3.63, 3.8) is 0 Å². The lowest BCUT2D eigenvalue weighted by Gasteiger charge is -2.27. The summed E-state index contributed by atoms with van der Waals surface area (Å²) in [5, 5.41) is 12.7. The Morgan fingerprint density at radius 3 is 2.52 bits per heavy atom. The van der Waals surface area contributed by atoms with Gasteiger partial charge in [0, 0.05) is 6.42 Å². The second-order valence-corrected chi connectivity index (χ2v) is 6.20. The standard InChI is InChI=1S/C18H28N2O/c1-6-11-20-18(5,13-19)12-15(4)21-17-10-8-7-9-16(17)14(2)3/h7-10,14-15,20H,6,11-12H2,1-5H3. The van der Waals surface area contributed by atoms with Crippen molar-refractivity contribution in [3.05, 3.63) is 29.8 Å². The van der Waals surface area contributed by atoms with Gasteiger partial charge in [-0.3, -0.25) is 5.32 Å². The van der Waals surface area contributed by atoms with E-state index in [-0.39, 0.29) is 6.10 Å². The van der Waals surface area contributed by atoms with Crippen LogP contribution >= 0.6 is 0 Å². The number of nitriles is 1. The van der Waals surface area contributed by atoms with E-state index in [1.54, 1.807) is 0 Å². The molecule has 0 spiro atoms. The van der Waals surface area contributed by atoms with Gasteiger partial charge in [0.2, 0.25) is 0 Å². The van der Waals surface area contributed by atoms with Crippen molar-refractivity contribution in [2.24, 2.45) is 0 Å². The number of nitrogens with zero attached hydrogens (tertiary/aromatic N) is 1. The van der Waals surface area contributed by atoms with Gasteiger partial charge in [-0.25, -0.2) is 0 Å². The fourth-order valence-electron chi connectivity index (χ4n) is 2.46. The van der Waals surface area contributed by atoms with Crippen molar-refractivity contribution < 1.29 is 4.74 Å². The molecule has 0 fully saturated rings. The molecule has 0 heterocycles. The summed E-state index contributed by atoms with van der Waals surface area (Å²) in [6.45, 7) is 11.2. The van der Waals surface area contributed by atoms with Gasteiger partial charge >= 0.3 is 0 Å². The Morgan fingerprint density at radius 1 is 1.29 bits per heavy atom. The molecular formula is C18H28N2O. The smallest absolute Gasteiger partial charge is 0.123 e. The first kappa shape index (κ1) is 17.5. The summed E-state index contributed by atoms with van der Waals surface area (Å²) in [5.74, 6) is 1.35. The van der Waals surface area contributed by atoms with Crippen molar-refractivity contribution in [1.29, 1.82) is 5.26 Å². The van der Waals surface area contributed by atoms with Crippen molar-refractivity contribution in [1.82, 2.24) is 5.32 Å². The van der Waals surface area contributed by atoms with Crippen LogP contribution < -0.4 is 10.1 Å². The van der Waals surface area contributed by atoms with Gasteiger partial charge in [-0.05, 0) is 44.4 Å². The van der Waals surface area contributed by atoms with Crippen LogP contribution in [-0.4, -0.2) is 18.2 Å². The first-order valence-electron chi connectivity index (χ1n) is 7.83. The molecule has 3 nitrogen and oxygen atoms in total. The number of hydrogen-bond donors (Lipinski definition) is 1. The number of hydrogen-bond acceptors (Lipinski definition) is 3. The van der Waals surface area contributed by atoms with Gasteiger partial charge in [-0.2, -0.15) is 5.26 Å². The average Bonchev–Trinajstić information content (AvgIpc) is 2.45. The SMILES string of the molecule is CCCNC(C)(C#N)CC(C)Oc1ccccc1C(C)C. The average molecular weight is 288 g/mol. The highest BCUT2D eigenvalue weighted by atomic mass is 16.5. The van der Waals surface area contributed by atoms with Gasteiger partial charge in [0.05, 0.1) is 12.2 Å². The van der Waals surface area contributed by atoms with Gasteiger partial charge in [0.15, 0.2) is 0 Å². The molecule has 0 aliphatic carbocycles. The molecule has 0 aromatic heterocycles. The second kappa shape index (κ2) is 8.05. The molecule has 0 saturated carbocycles. The van der Waals surface area contributed by atoms with Crippen LogP contribution in [0.15, 0.2) is 24.3 Å². The van der Waals surface area contributed by atoms with Crippen molar-refractivity contribution in [3.8, 4) is 11.8 Å². The van der Waals surface area contributed by atoms with Gasteiger partial charge in [-0.15, -0.1) is 0 Å². The minimum Gasteiger partial charge on any atom is -0.490 e. The summed E-state index contributed by atoms with van der Waals surface area (Å²) in [6, 6.07) is 10.5. The highest BCUT2D eigenvalue weighted by molar-refractivity contribution is 5.35. The number of benzene rings is 1. The molecule has 1 aromatic rings. The van der Waals surface area contributed by atoms with Crippen LogP contribution in [0.5, 0.6) is 5.75 Å². The van der Waals surface area contributed by atoms with E-state index >= 15 is 0 Å². The molecule has 21 heavy (non-hydrogen) atoms. The lowest BCUT2D eigenvalue weighted by Crippen LogP contribution is -2.44. The number of nitrogens with one attached hydrogen (secondary N) is 1. The molecule has 0 amide bonds. The zero-order valence-electron chi connectivity index (χ0n) is 13.9. The Balaban J connectivity index is 2.73. The monoisotopic (exact) mass is 288 g/mol. The van der Waals surface area contributed by atoms with Crippen LogP contribution in [0.1, 0.15) is 58.9 Å². The lowest BCUT2D eigenvalue weighted by molar-refractivity contribution is 0.178. The summed E-state index contributed by atoms with van der Waals surface area (Å²) in [4.78, 5) is 0. The van der Waals surface area contributed by atoms with E-state index in [0.717, 1.165) is 18.7 Å². The molecule has 0 bridgehead atoms. The predicted octanol–water partition coefficient (Wildman–Crippen LogP) is 4.25. The maximum Gasteiger partial charge on any atom is 0.123 e. The first-order valence-corrected chi connectivity index (χ1v) is 7.83. The van der Waals surface area contributed by atoms with Crippen molar-refractivity contribution >= 4 is 0 Å². The van der Waals surface area contributed by atoms with E-state index in [1.165, 1.54) is 5.56 Å². The molecule has 1 aromatic carbocycles. The van der Waals surface area contributed by atoms with E-state index in [0.29, 0.717) is 12.3 Å². The summed E-state index contributed by atoms with van der Waals surface area (Å²) in [5.41, 5.74) is 0.673. The molecule has 0 saturated heterocycles. The third-order valence-electron chi connectivity index (χ3n) is 3.58. The minimum atomic E-state index is -0.539. The topological polar surface area (TPSA) is 45.0 Å². The normalized spacial score (nSPS) is 15.3. The fourth-order valence-corrected chi connectivity index (χ4v) is 2.46. The largest absolute Gasteiger partial charge is 0.490 e. The zero-order valence-corrected chi connectivity index (χ0v) is 13.9. The van der Waals surface area contributed by atoms with Crippen molar-refractivity contribution in [2.75, 3.05) is 6.54 Å². The van der Waals surface area contributed by atoms with Gasteiger partial charge < -0.3 is 4.74 Å². The van der Waals surface area contributed by atoms with Gasteiger partial charge in [0.1, 0.15) is 11.3 Å². The molecule has 1 rings (SSSR count). The van der Waals surface area contributed by atoms with Crippen molar-refractivity contribution in [2.45, 2.75) is 65.0 Å². The lowest BCUT2D eigenvalue weighted by atomic mass is 9.96. The van der Waals surface area contributed by atoms with E-state index in [1.807, 2.05) is 32.0 Å². The number of rotatable bonds is 8. The van der Waals surface area contributed by atoms with Crippen LogP contribution in [0.2, 0.25) is 0 Å². The van der Waals surface area contributed by atoms with Crippen LogP contribution in [0.25, 0.3) is 0 Å². The van der Waals surface area contributed by atoms with E-state index in [2.05, 4.69) is 38.2 Å². The van der Waals surface area contributed by atoms with E-state index in [4.69, 9.17) is 4.74 Å². The first-order chi connectivity index (χ1) is 9.91. The third-order valence-corrected chi connectivity index (χ3v) is 3.58. The Hall–Kier alpha value is -1.53. The summed E-state index contributed by atoms with van der Waals surface area (Å²) in [6.07, 6.45) is 1.66. The number of ether oxygens (including phenoxy) is 1. The molecule has 116 valence electrons. The quantitative estimate of drug-likeness (QED) is 0.777. The molecule has 0 aliphatic heterocycles. The molecule has 2 atom stereocenters. The zero-order chi connectivity index (χ0) is 15.9. The third kappa shape index (κ3) is 5.40. The van der Waals surface area contributed by atoms with Gasteiger partial charge in [0.25, 0.3) is 0 Å². The molecule has 2 unspecified atom stereocenters. The molecule has 0 radical (unpaired) electrons. The minimum absolute atomic E-state index is 0.0149. The van der Waals surface area contributed by atoms with Crippen LogP contribution in [0, 0.1) is 11.3 Å². The van der Waals surface area contributed by atoms with E-state index < -0.39 is 5.54 Å². The second-order valence-electron chi connectivity index (χ2n) is 6.20. The summed E-state index contributed by atoms with van der Waals surface area (Å²) >= 11 is 0. The molecule has 1 N–H and O–H groups in total. The fraction of sp³-hybridized carbons (Fsp3) is 0.611. The Morgan fingerprint density at radius 2 is 1.95 bits per heavy atom. The highest BCUT2D eigenvalue weighted by Crippen LogP contribution is 2.28. The Bertz CT molecular complexity index is 478. The maximum absolute atomic E-state index is 9.40. The maximum atomic E-state index is 9.40. The number of para-hydroxylation sites is 1. The molecule has 0 aliphatic rings. The van der Waals surface area contributed by atoms with Crippen LogP contribution in [0.4, 0.5) is 0 Å². The highest BCUT2D eigenvalue weighted by Gasteiger charge is 2.26. The summed E-state index contributed by atoms with van der Waals surface area (Å²) < 4.78 is 6.09. The molecule has 3 heteroatoms. The Kier molecular flexibility index (Phi) is 6.71. The van der Waals surface area contributed by atoms with Crippen LogP contribution in [0.3, 0.4) is 0 Å². The summed E-state index contributed by atoms with van der Waals surface area (Å²) in [7, 11) is 0.